The number of carbonyl (C=O) groups excluding carboxylic acids is 1. The van der Waals surface area contributed by atoms with Crippen molar-refractivity contribution in [3.63, 3.8) is 0 Å². The van der Waals surface area contributed by atoms with E-state index in [1.54, 1.807) is 24.4 Å². The first kappa shape index (κ1) is 19.4. The van der Waals surface area contributed by atoms with E-state index in [2.05, 4.69) is 26.2 Å². The van der Waals surface area contributed by atoms with E-state index < -0.39 is 12.0 Å². The summed E-state index contributed by atoms with van der Waals surface area (Å²) in [6.07, 6.45) is 2.33. The second kappa shape index (κ2) is 8.52. The van der Waals surface area contributed by atoms with E-state index in [9.17, 15) is 4.79 Å². The summed E-state index contributed by atoms with van der Waals surface area (Å²) < 4.78 is 5.52. The Kier molecular flexibility index (Phi) is 6.34. The fourth-order valence-corrected chi connectivity index (χ4v) is 4.02. The molecule has 1 atom stereocenters. The van der Waals surface area contributed by atoms with E-state index in [0.717, 1.165) is 10.7 Å². The Morgan fingerprint density at radius 1 is 1.42 bits per heavy atom. The highest BCUT2D eigenvalue weighted by molar-refractivity contribution is 9.09. The van der Waals surface area contributed by atoms with Crippen LogP contribution in [0.15, 0.2) is 46.2 Å². The van der Waals surface area contributed by atoms with Crippen LogP contribution in [0.4, 0.5) is 0 Å². The Balaban J connectivity index is 2.14. The van der Waals surface area contributed by atoms with Crippen molar-refractivity contribution in [3.8, 4) is 0 Å². The summed E-state index contributed by atoms with van der Waals surface area (Å²) in [4.78, 5) is 20.7. The van der Waals surface area contributed by atoms with Gasteiger partial charge in [-0.25, -0.2) is 9.98 Å². The van der Waals surface area contributed by atoms with Crippen LogP contribution >= 0.6 is 50.5 Å². The molecular weight excluding hydrogens is 461 g/mol. The number of ether oxygens (including phenoxy) is 1. The molecule has 1 aromatic heterocycles. The number of esters is 1. The molecule has 2 heterocycles. The Bertz CT molecular complexity index is 884. The molecule has 0 aliphatic carbocycles. The number of alkyl halides is 1. The summed E-state index contributed by atoms with van der Waals surface area (Å²) in [6, 6.07) is 4.60. The number of carbonyl (C=O) groups is 1. The minimum absolute atomic E-state index is 0.420. The number of rotatable bonds is 5. The van der Waals surface area contributed by atoms with E-state index in [1.807, 2.05) is 5.38 Å². The zero-order chi connectivity index (χ0) is 18.7. The third-order valence-corrected chi connectivity index (χ3v) is 5.30. The maximum Gasteiger partial charge on any atom is 0.307 e. The fraction of sp³-hybridized carbons (Fsp3) is 0.235. The van der Waals surface area contributed by atoms with Gasteiger partial charge in [0.15, 0.2) is 16.6 Å². The number of amidine groups is 1. The largest absolute Gasteiger partial charge is 0.427 e. The minimum Gasteiger partial charge on any atom is -0.427 e. The van der Waals surface area contributed by atoms with Gasteiger partial charge in [0, 0.05) is 45.9 Å². The molecule has 1 aliphatic rings. The van der Waals surface area contributed by atoms with Crippen LogP contribution in [0.25, 0.3) is 0 Å². The first-order valence-corrected chi connectivity index (χ1v) is 10.4. The number of benzene rings is 1. The Morgan fingerprint density at radius 2 is 2.23 bits per heavy atom. The second-order valence-corrected chi connectivity index (χ2v) is 7.91. The molecule has 1 N–H and O–H groups in total. The quantitative estimate of drug-likeness (QED) is 0.483. The third-order valence-electron chi connectivity index (χ3n) is 3.56. The van der Waals surface area contributed by atoms with Crippen molar-refractivity contribution in [2.75, 3.05) is 5.33 Å². The van der Waals surface area contributed by atoms with Gasteiger partial charge in [-0.2, -0.15) is 0 Å². The number of halogens is 3. The lowest BCUT2D eigenvalue weighted by molar-refractivity contribution is -0.137. The fourth-order valence-electron chi connectivity index (χ4n) is 2.53. The van der Waals surface area contributed by atoms with Crippen molar-refractivity contribution >= 4 is 62.3 Å². The zero-order valence-corrected chi connectivity index (χ0v) is 17.5. The first-order valence-electron chi connectivity index (χ1n) is 7.66. The lowest BCUT2D eigenvalue weighted by atomic mass is 10.0. The van der Waals surface area contributed by atoms with Crippen LogP contribution in [0.5, 0.6) is 0 Å². The molecule has 0 radical (unpaired) electrons. The van der Waals surface area contributed by atoms with Crippen molar-refractivity contribution < 1.29 is 9.53 Å². The summed E-state index contributed by atoms with van der Waals surface area (Å²) in [5, 5.41) is 7.53. The average molecular weight is 475 g/mol. The van der Waals surface area contributed by atoms with Crippen LogP contribution in [-0.4, -0.2) is 22.1 Å². The molecule has 1 aliphatic heterocycles. The number of aliphatic imine (C=N–C) groups is 1. The topological polar surface area (TPSA) is 63.6 Å². The summed E-state index contributed by atoms with van der Waals surface area (Å²) in [7, 11) is 0. The summed E-state index contributed by atoms with van der Waals surface area (Å²) >= 11 is 17.3. The molecule has 26 heavy (non-hydrogen) atoms. The monoisotopic (exact) mass is 473 g/mol. The zero-order valence-electron chi connectivity index (χ0n) is 13.6. The van der Waals surface area contributed by atoms with Gasteiger partial charge in [-0.15, -0.1) is 11.3 Å². The molecule has 0 fully saturated rings. The van der Waals surface area contributed by atoms with Crippen molar-refractivity contribution in [2.24, 2.45) is 4.99 Å². The molecule has 0 spiro atoms. The Morgan fingerprint density at radius 3 is 2.85 bits per heavy atom. The van der Waals surface area contributed by atoms with Gasteiger partial charge in [0.1, 0.15) is 6.04 Å². The molecule has 2 aromatic rings. The predicted molar refractivity (Wildman–Crippen MR) is 108 cm³/mol. The van der Waals surface area contributed by atoms with Gasteiger partial charge < -0.3 is 10.1 Å². The van der Waals surface area contributed by atoms with Gasteiger partial charge in [-0.05, 0) is 12.1 Å². The number of thiazole rings is 1. The molecular formula is C17H14BrCl2N3O2S. The van der Waals surface area contributed by atoms with Gasteiger partial charge in [-0.1, -0.05) is 45.2 Å². The number of nitrogens with one attached hydrogen (secondary N) is 1. The number of hydrogen-bond acceptors (Lipinski definition) is 6. The highest BCUT2D eigenvalue weighted by Gasteiger charge is 2.31. The molecule has 0 unspecified atom stereocenters. The number of hydrogen-bond donors (Lipinski definition) is 1. The van der Waals surface area contributed by atoms with Crippen molar-refractivity contribution in [2.45, 2.75) is 19.4 Å². The van der Waals surface area contributed by atoms with E-state index >= 15 is 0 Å². The van der Waals surface area contributed by atoms with Crippen LogP contribution in [0.1, 0.15) is 30.0 Å². The maximum absolute atomic E-state index is 11.7. The summed E-state index contributed by atoms with van der Waals surface area (Å²) in [5.74, 6) is 0.626. The standard InChI is InChI=1S/C17H14BrCl2N3O2S/c1-9(24)25-15-13(4-5-18)22-16(17-21-6-7-26-17)23-14(15)11-3-2-10(19)8-12(11)20/h2-3,6-8,14H,4-5H2,1H3,(H,22,23)/t14-/m1/s1. The van der Waals surface area contributed by atoms with E-state index in [4.69, 9.17) is 32.9 Å². The van der Waals surface area contributed by atoms with Crippen molar-refractivity contribution in [1.82, 2.24) is 10.3 Å². The van der Waals surface area contributed by atoms with Crippen LogP contribution in [0.2, 0.25) is 10.0 Å². The third kappa shape index (κ3) is 4.28. The van der Waals surface area contributed by atoms with Crippen LogP contribution in [-0.2, 0) is 9.53 Å². The lowest BCUT2D eigenvalue weighted by Crippen LogP contribution is -2.32. The van der Waals surface area contributed by atoms with Gasteiger partial charge in [-0.3, -0.25) is 4.79 Å². The van der Waals surface area contributed by atoms with E-state index in [-0.39, 0.29) is 0 Å². The molecule has 9 heteroatoms. The molecule has 0 saturated heterocycles. The highest BCUT2D eigenvalue weighted by atomic mass is 79.9. The predicted octanol–water partition coefficient (Wildman–Crippen LogP) is 5.10. The molecule has 136 valence electrons. The maximum atomic E-state index is 11.7. The van der Waals surface area contributed by atoms with Gasteiger partial charge in [0.2, 0.25) is 0 Å². The second-order valence-electron chi connectivity index (χ2n) is 5.38. The van der Waals surface area contributed by atoms with Gasteiger partial charge in [0.25, 0.3) is 0 Å². The van der Waals surface area contributed by atoms with Crippen molar-refractivity contribution in [1.29, 1.82) is 0 Å². The molecule has 3 rings (SSSR count). The molecule has 1 aromatic carbocycles. The van der Waals surface area contributed by atoms with E-state index in [0.29, 0.717) is 39.0 Å². The summed E-state index contributed by atoms with van der Waals surface area (Å²) in [6.45, 7) is 1.36. The molecule has 0 saturated carbocycles. The number of aromatic nitrogens is 1. The smallest absolute Gasteiger partial charge is 0.307 e. The van der Waals surface area contributed by atoms with Crippen LogP contribution in [0, 0.1) is 0 Å². The lowest BCUT2D eigenvalue weighted by Gasteiger charge is -2.27. The Hall–Kier alpha value is -1.41. The average Bonchev–Trinajstić information content (AvgIpc) is 3.11. The SMILES string of the molecule is CC(=O)OC1=C(CCBr)NC(c2nccs2)=N[C@@H]1c1ccc(Cl)cc1Cl. The van der Waals surface area contributed by atoms with Gasteiger partial charge >= 0.3 is 5.97 Å². The van der Waals surface area contributed by atoms with Gasteiger partial charge in [0.05, 0.1) is 5.70 Å². The summed E-state index contributed by atoms with van der Waals surface area (Å²) in [5.41, 5.74) is 1.46. The normalized spacial score (nSPS) is 16.9. The van der Waals surface area contributed by atoms with E-state index in [1.165, 1.54) is 18.3 Å². The molecule has 0 bridgehead atoms. The highest BCUT2D eigenvalue weighted by Crippen LogP contribution is 2.38. The van der Waals surface area contributed by atoms with Crippen LogP contribution < -0.4 is 5.32 Å². The minimum atomic E-state index is -0.571. The molecule has 0 amide bonds. The first-order chi connectivity index (χ1) is 12.5. The van der Waals surface area contributed by atoms with Crippen LogP contribution in [0.3, 0.4) is 0 Å². The number of allylic oxidation sites excluding steroid dienone is 1. The van der Waals surface area contributed by atoms with Crippen molar-refractivity contribution in [3.05, 3.63) is 61.8 Å². The molecule has 5 nitrogen and oxygen atoms in total. The Labute approximate surface area is 173 Å². The number of nitrogens with zero attached hydrogens (tertiary/aromatic N) is 2.